The number of nitrogens with one attached hydrogen (secondary N) is 1. The van der Waals surface area contributed by atoms with E-state index in [1.165, 1.54) is 0 Å². The van der Waals surface area contributed by atoms with Gasteiger partial charge in [-0.25, -0.2) is 8.42 Å². The molecule has 6 nitrogen and oxygen atoms in total. The Balaban J connectivity index is 4.02. The average Bonchev–Trinajstić information content (AvgIpc) is 1.59. The third kappa shape index (κ3) is 4.24. The molecule has 10 heavy (non-hydrogen) atoms. The van der Waals surface area contributed by atoms with Crippen molar-refractivity contribution in [3.05, 3.63) is 0 Å². The van der Waals surface area contributed by atoms with Gasteiger partial charge in [-0.2, -0.15) is 0 Å². The van der Waals surface area contributed by atoms with E-state index in [-0.39, 0.29) is 0 Å². The fraction of sp³-hybridized carbons (Fsp3) is 0.667. The largest absolute Gasteiger partial charge is 0.480 e. The molecular formula is C3H7NO5S. The predicted molar refractivity (Wildman–Crippen MR) is 31.6 cm³/mol. The Hall–Kier alpha value is -0.660. The SMILES string of the molecule is CONS(=O)(=O)CC(=O)O. The summed E-state index contributed by atoms with van der Waals surface area (Å²) < 4.78 is 20.8. The van der Waals surface area contributed by atoms with E-state index in [4.69, 9.17) is 5.11 Å². The molecule has 0 radical (unpaired) electrons. The second kappa shape index (κ2) is 3.49. The van der Waals surface area contributed by atoms with E-state index in [9.17, 15) is 13.2 Å². The molecule has 0 spiro atoms. The predicted octanol–water partition coefficient (Wildman–Crippen LogP) is -1.45. The molecule has 2 N–H and O–H groups in total. The lowest BCUT2D eigenvalue weighted by Crippen LogP contribution is -2.28. The van der Waals surface area contributed by atoms with Crippen LogP contribution in [0, 0.1) is 0 Å². The summed E-state index contributed by atoms with van der Waals surface area (Å²) in [5.74, 6) is -2.41. The van der Waals surface area contributed by atoms with Crippen molar-refractivity contribution in [2.45, 2.75) is 0 Å². The van der Waals surface area contributed by atoms with Gasteiger partial charge < -0.3 is 5.11 Å². The highest BCUT2D eigenvalue weighted by atomic mass is 32.2. The summed E-state index contributed by atoms with van der Waals surface area (Å²) in [7, 11) is -2.72. The smallest absolute Gasteiger partial charge is 0.320 e. The Bertz CT molecular complexity index is 207. The summed E-state index contributed by atoms with van der Waals surface area (Å²) in [4.78, 5) is 15.4. The first-order valence-electron chi connectivity index (χ1n) is 2.22. The molecule has 7 heteroatoms. The molecule has 0 aromatic heterocycles. The van der Waals surface area contributed by atoms with E-state index < -0.39 is 21.7 Å². The van der Waals surface area contributed by atoms with E-state index >= 15 is 0 Å². The number of aliphatic carboxylic acids is 1. The molecular weight excluding hydrogens is 162 g/mol. The lowest BCUT2D eigenvalue weighted by molar-refractivity contribution is -0.134. The molecule has 0 aliphatic heterocycles. The van der Waals surface area contributed by atoms with Crippen molar-refractivity contribution >= 4 is 16.0 Å². The lowest BCUT2D eigenvalue weighted by Gasteiger charge is -1.98. The molecule has 0 aromatic rings. The first kappa shape index (κ1) is 9.34. The molecule has 0 heterocycles. The van der Waals surface area contributed by atoms with Gasteiger partial charge in [0.1, 0.15) is 0 Å². The molecule has 0 fully saturated rings. The Labute approximate surface area is 57.8 Å². The molecule has 0 aliphatic rings. The van der Waals surface area contributed by atoms with E-state index in [1.807, 2.05) is 0 Å². The average molecular weight is 169 g/mol. The van der Waals surface area contributed by atoms with E-state index in [1.54, 1.807) is 4.89 Å². The van der Waals surface area contributed by atoms with Crippen molar-refractivity contribution in [3.63, 3.8) is 0 Å². The van der Waals surface area contributed by atoms with Gasteiger partial charge in [-0.1, -0.05) is 4.89 Å². The van der Waals surface area contributed by atoms with Gasteiger partial charge >= 0.3 is 5.97 Å². The van der Waals surface area contributed by atoms with E-state index in [0.29, 0.717) is 0 Å². The van der Waals surface area contributed by atoms with Crippen LogP contribution >= 0.6 is 0 Å². The zero-order valence-corrected chi connectivity index (χ0v) is 6.01. The van der Waals surface area contributed by atoms with Gasteiger partial charge in [0.15, 0.2) is 5.75 Å². The van der Waals surface area contributed by atoms with Crippen LogP contribution in [-0.4, -0.2) is 32.4 Å². The molecule has 0 rings (SSSR count). The van der Waals surface area contributed by atoms with Gasteiger partial charge in [0.2, 0.25) is 10.0 Å². The van der Waals surface area contributed by atoms with Crippen molar-refractivity contribution in [1.82, 2.24) is 4.89 Å². The van der Waals surface area contributed by atoms with Gasteiger partial charge in [0.05, 0.1) is 7.11 Å². The van der Waals surface area contributed by atoms with Crippen LogP contribution in [-0.2, 0) is 19.7 Å². The maximum absolute atomic E-state index is 10.4. The highest BCUT2D eigenvalue weighted by molar-refractivity contribution is 7.90. The summed E-state index contributed by atoms with van der Waals surface area (Å²) in [5, 5.41) is 8.00. The van der Waals surface area contributed by atoms with Crippen LogP contribution in [0.5, 0.6) is 0 Å². The lowest BCUT2D eigenvalue weighted by atomic mass is 10.8. The normalized spacial score (nSPS) is 11.3. The zero-order valence-electron chi connectivity index (χ0n) is 5.20. The van der Waals surface area contributed by atoms with Crippen molar-refractivity contribution < 1.29 is 23.2 Å². The van der Waals surface area contributed by atoms with Crippen LogP contribution in [0.25, 0.3) is 0 Å². The van der Waals surface area contributed by atoms with Crippen molar-refractivity contribution in [1.29, 1.82) is 0 Å². The Morgan fingerprint density at radius 2 is 2.20 bits per heavy atom. The van der Waals surface area contributed by atoms with Gasteiger partial charge in [-0.05, 0) is 0 Å². The summed E-state index contributed by atoms with van der Waals surface area (Å²) in [6.07, 6.45) is 0. The molecule has 0 saturated heterocycles. The number of carboxylic acids is 1. The quantitative estimate of drug-likeness (QED) is 0.502. The van der Waals surface area contributed by atoms with Gasteiger partial charge in [0.25, 0.3) is 0 Å². The molecule has 0 bridgehead atoms. The van der Waals surface area contributed by atoms with Gasteiger partial charge in [0, 0.05) is 0 Å². The van der Waals surface area contributed by atoms with Crippen molar-refractivity contribution in [2.75, 3.05) is 12.9 Å². The standard InChI is InChI=1S/C3H7NO5S/c1-9-4-10(7,8)2-3(5)6/h4H,2H2,1H3,(H,5,6). The Morgan fingerprint density at radius 3 is 2.50 bits per heavy atom. The highest BCUT2D eigenvalue weighted by Crippen LogP contribution is 1.81. The minimum atomic E-state index is -3.80. The molecule has 0 unspecified atom stereocenters. The van der Waals surface area contributed by atoms with Gasteiger partial charge in [-0.3, -0.25) is 9.63 Å². The minimum absolute atomic E-state index is 0.985. The number of hydrogen-bond acceptors (Lipinski definition) is 4. The van der Waals surface area contributed by atoms with Crippen molar-refractivity contribution in [2.24, 2.45) is 0 Å². The summed E-state index contributed by atoms with van der Waals surface area (Å²) in [5.41, 5.74) is 0. The Kier molecular flexibility index (Phi) is 3.26. The van der Waals surface area contributed by atoms with Crippen LogP contribution in [0.15, 0.2) is 0 Å². The topological polar surface area (TPSA) is 92.7 Å². The summed E-state index contributed by atoms with van der Waals surface area (Å²) in [6, 6.07) is 0. The van der Waals surface area contributed by atoms with Crippen LogP contribution in [0.1, 0.15) is 0 Å². The molecule has 0 saturated carbocycles. The second-order valence-electron chi connectivity index (χ2n) is 1.44. The number of carboxylic acid groups (broad SMARTS) is 1. The maximum atomic E-state index is 10.4. The molecule has 0 amide bonds. The van der Waals surface area contributed by atoms with Crippen LogP contribution in [0.3, 0.4) is 0 Å². The highest BCUT2D eigenvalue weighted by Gasteiger charge is 2.13. The first-order chi connectivity index (χ1) is 4.48. The zero-order chi connectivity index (χ0) is 8.20. The minimum Gasteiger partial charge on any atom is -0.480 e. The summed E-state index contributed by atoms with van der Waals surface area (Å²) in [6.45, 7) is 0. The Morgan fingerprint density at radius 1 is 1.70 bits per heavy atom. The third-order valence-electron chi connectivity index (χ3n) is 0.524. The fourth-order valence-corrected chi connectivity index (χ4v) is 0.957. The number of hydrogen-bond donors (Lipinski definition) is 2. The molecule has 60 valence electrons. The molecule has 0 atom stereocenters. The van der Waals surface area contributed by atoms with Crippen molar-refractivity contribution in [3.8, 4) is 0 Å². The van der Waals surface area contributed by atoms with E-state index in [0.717, 1.165) is 7.11 Å². The van der Waals surface area contributed by atoms with E-state index in [2.05, 4.69) is 4.84 Å². The van der Waals surface area contributed by atoms with Crippen LogP contribution < -0.4 is 4.89 Å². The van der Waals surface area contributed by atoms with Crippen LogP contribution in [0.4, 0.5) is 0 Å². The first-order valence-corrected chi connectivity index (χ1v) is 3.87. The maximum Gasteiger partial charge on any atom is 0.320 e. The van der Waals surface area contributed by atoms with Gasteiger partial charge in [-0.15, -0.1) is 0 Å². The fourth-order valence-electron chi connectivity index (χ4n) is 0.319. The second-order valence-corrected chi connectivity index (χ2v) is 3.13. The molecule has 0 aromatic carbocycles. The third-order valence-corrected chi connectivity index (χ3v) is 1.57. The van der Waals surface area contributed by atoms with Crippen LogP contribution in [0.2, 0.25) is 0 Å². The molecule has 0 aliphatic carbocycles. The number of carbonyl (C=O) groups is 1. The summed E-state index contributed by atoms with van der Waals surface area (Å²) >= 11 is 0. The monoisotopic (exact) mass is 169 g/mol. The number of rotatable bonds is 4. The number of sulfonamides is 1.